The van der Waals surface area contributed by atoms with Gasteiger partial charge in [0.15, 0.2) is 6.29 Å². The van der Waals surface area contributed by atoms with Gasteiger partial charge in [0.2, 0.25) is 0 Å². The molecule has 0 bridgehead atoms. The van der Waals surface area contributed by atoms with E-state index >= 15 is 0 Å². The van der Waals surface area contributed by atoms with Crippen molar-refractivity contribution >= 4 is 6.29 Å². The predicted octanol–water partition coefficient (Wildman–Crippen LogP) is 2.08. The normalized spacial score (nSPS) is 10.3. The molecule has 18 heavy (non-hydrogen) atoms. The maximum Gasteiger partial charge on any atom is 0.168 e. The van der Waals surface area contributed by atoms with Gasteiger partial charge in [-0.2, -0.15) is 0 Å². The largest absolute Gasteiger partial charge is 0.486 e. The average Bonchev–Trinajstić information content (AvgIpc) is 2.85. The lowest BCUT2D eigenvalue weighted by Crippen LogP contribution is -2.05. The topological polar surface area (TPSA) is 57.0 Å². The van der Waals surface area contributed by atoms with Gasteiger partial charge in [0.25, 0.3) is 0 Å². The summed E-state index contributed by atoms with van der Waals surface area (Å²) in [7, 11) is 0. The van der Waals surface area contributed by atoms with Crippen molar-refractivity contribution in [2.75, 3.05) is 0 Å². The van der Waals surface area contributed by atoms with E-state index in [0.717, 1.165) is 18.7 Å². The molecule has 0 N–H and O–H groups in total. The Labute approximate surface area is 105 Å². The maximum absolute atomic E-state index is 10.5. The lowest BCUT2D eigenvalue weighted by atomic mass is 10.3. The summed E-state index contributed by atoms with van der Waals surface area (Å²) in [5.74, 6) is 0.643. The van der Waals surface area contributed by atoms with E-state index in [1.54, 1.807) is 30.9 Å². The first kappa shape index (κ1) is 12.3. The maximum atomic E-state index is 10.5. The molecule has 0 saturated heterocycles. The fraction of sp³-hybridized carbons (Fsp3) is 0.308. The highest BCUT2D eigenvalue weighted by atomic mass is 16.5. The molecule has 0 aliphatic heterocycles. The van der Waals surface area contributed by atoms with Crippen LogP contribution in [0.4, 0.5) is 0 Å². The first-order chi connectivity index (χ1) is 8.83. The van der Waals surface area contributed by atoms with Gasteiger partial charge < -0.3 is 9.30 Å². The minimum Gasteiger partial charge on any atom is -0.486 e. The van der Waals surface area contributed by atoms with Gasteiger partial charge in [-0.05, 0) is 18.6 Å². The number of aryl methyl sites for hydroxylation is 1. The third kappa shape index (κ3) is 2.94. The molecule has 0 aromatic carbocycles. The molecule has 0 radical (unpaired) electrons. The van der Waals surface area contributed by atoms with E-state index < -0.39 is 0 Å². The van der Waals surface area contributed by atoms with Crippen LogP contribution in [0.2, 0.25) is 0 Å². The number of carbonyl (C=O) groups excluding carboxylic acids is 1. The fourth-order valence-electron chi connectivity index (χ4n) is 1.61. The van der Waals surface area contributed by atoms with Crippen LogP contribution in [-0.2, 0) is 13.2 Å². The zero-order chi connectivity index (χ0) is 12.8. The Kier molecular flexibility index (Phi) is 4.06. The van der Waals surface area contributed by atoms with Crippen LogP contribution in [0.5, 0.6) is 5.75 Å². The summed E-state index contributed by atoms with van der Waals surface area (Å²) in [6.45, 7) is 3.50. The van der Waals surface area contributed by atoms with Crippen molar-refractivity contribution in [1.82, 2.24) is 14.5 Å². The van der Waals surface area contributed by atoms with Crippen molar-refractivity contribution in [3.63, 3.8) is 0 Å². The van der Waals surface area contributed by atoms with Crippen molar-refractivity contribution in [2.45, 2.75) is 26.5 Å². The Hall–Kier alpha value is -2.17. The molecule has 0 fully saturated rings. The molecule has 2 aromatic heterocycles. The van der Waals surface area contributed by atoms with Crippen LogP contribution in [0.15, 0.2) is 30.9 Å². The van der Waals surface area contributed by atoms with E-state index in [1.807, 2.05) is 0 Å². The van der Waals surface area contributed by atoms with E-state index in [9.17, 15) is 4.79 Å². The number of nitrogens with zero attached hydrogens (tertiary/aromatic N) is 3. The summed E-state index contributed by atoms with van der Waals surface area (Å²) < 4.78 is 7.66. The molecule has 2 aromatic rings. The Balaban J connectivity index is 1.97. The molecule has 0 saturated carbocycles. The first-order valence-electron chi connectivity index (χ1n) is 5.86. The molecule has 2 heterocycles. The van der Waals surface area contributed by atoms with Gasteiger partial charge in [-0.1, -0.05) is 6.92 Å². The number of ether oxygens (including phenoxy) is 1. The molecular weight excluding hydrogens is 230 g/mol. The van der Waals surface area contributed by atoms with Crippen LogP contribution in [0.1, 0.15) is 29.5 Å². The van der Waals surface area contributed by atoms with Crippen molar-refractivity contribution in [3.8, 4) is 5.75 Å². The van der Waals surface area contributed by atoms with Crippen molar-refractivity contribution in [2.24, 2.45) is 0 Å². The van der Waals surface area contributed by atoms with Crippen LogP contribution in [0.25, 0.3) is 0 Å². The molecule has 94 valence electrons. The summed E-state index contributed by atoms with van der Waals surface area (Å²) in [4.78, 5) is 18.5. The molecule has 5 heteroatoms. The number of carbonyl (C=O) groups is 1. The van der Waals surface area contributed by atoms with Crippen LogP contribution in [-0.4, -0.2) is 20.8 Å². The molecular formula is C13H15N3O2. The highest BCUT2D eigenvalue weighted by molar-refractivity contribution is 5.71. The summed E-state index contributed by atoms with van der Waals surface area (Å²) in [6, 6.07) is 3.36. The summed E-state index contributed by atoms with van der Waals surface area (Å²) >= 11 is 0. The number of aldehydes is 1. The van der Waals surface area contributed by atoms with E-state index in [-0.39, 0.29) is 0 Å². The Bertz CT molecular complexity index is 505. The van der Waals surface area contributed by atoms with E-state index in [2.05, 4.69) is 21.5 Å². The first-order valence-corrected chi connectivity index (χ1v) is 5.86. The van der Waals surface area contributed by atoms with Gasteiger partial charge in [0.05, 0.1) is 24.4 Å². The average molecular weight is 245 g/mol. The third-order valence-corrected chi connectivity index (χ3v) is 2.53. The summed E-state index contributed by atoms with van der Waals surface area (Å²) in [6.07, 6.45) is 6.90. The standard InChI is InChI=1S/C13H15N3O2/c1-2-5-16-10-14-6-12(16)9-18-13-4-3-11(8-17)15-7-13/h3-4,6-8,10H,2,5,9H2,1H3. The third-order valence-electron chi connectivity index (χ3n) is 2.53. The van der Waals surface area contributed by atoms with Crippen LogP contribution >= 0.6 is 0 Å². The molecule has 0 spiro atoms. The lowest BCUT2D eigenvalue weighted by Gasteiger charge is -2.08. The number of imidazole rings is 1. The quantitative estimate of drug-likeness (QED) is 0.731. The number of rotatable bonds is 6. The van der Waals surface area contributed by atoms with Gasteiger partial charge in [-0.3, -0.25) is 4.79 Å². The molecule has 0 unspecified atom stereocenters. The van der Waals surface area contributed by atoms with Gasteiger partial charge >= 0.3 is 0 Å². The molecule has 0 aliphatic carbocycles. The molecule has 2 rings (SSSR count). The second-order valence-corrected chi connectivity index (χ2v) is 3.90. The SMILES string of the molecule is CCCn1cncc1COc1ccc(C=O)nc1. The Morgan fingerprint density at radius 1 is 1.39 bits per heavy atom. The number of hydrogen-bond donors (Lipinski definition) is 0. The molecule has 5 nitrogen and oxygen atoms in total. The Morgan fingerprint density at radius 2 is 2.28 bits per heavy atom. The molecule has 0 amide bonds. The monoisotopic (exact) mass is 245 g/mol. The van der Waals surface area contributed by atoms with Crippen LogP contribution < -0.4 is 4.74 Å². The Morgan fingerprint density at radius 3 is 2.94 bits per heavy atom. The molecule has 0 aliphatic rings. The van der Waals surface area contributed by atoms with E-state index in [0.29, 0.717) is 24.3 Å². The summed E-state index contributed by atoms with van der Waals surface area (Å²) in [5, 5.41) is 0. The van der Waals surface area contributed by atoms with Crippen molar-refractivity contribution < 1.29 is 9.53 Å². The fourth-order valence-corrected chi connectivity index (χ4v) is 1.61. The zero-order valence-corrected chi connectivity index (χ0v) is 10.2. The second-order valence-electron chi connectivity index (χ2n) is 3.90. The minimum absolute atomic E-state index is 0.401. The molecule has 0 atom stereocenters. The minimum atomic E-state index is 0.401. The van der Waals surface area contributed by atoms with E-state index in [1.165, 1.54) is 0 Å². The van der Waals surface area contributed by atoms with Gasteiger partial charge in [0, 0.05) is 6.54 Å². The number of pyridine rings is 1. The summed E-state index contributed by atoms with van der Waals surface area (Å²) in [5.41, 5.74) is 1.43. The number of hydrogen-bond acceptors (Lipinski definition) is 4. The van der Waals surface area contributed by atoms with Crippen molar-refractivity contribution in [3.05, 3.63) is 42.2 Å². The van der Waals surface area contributed by atoms with Gasteiger partial charge in [0.1, 0.15) is 18.1 Å². The van der Waals surface area contributed by atoms with Crippen LogP contribution in [0.3, 0.4) is 0 Å². The lowest BCUT2D eigenvalue weighted by molar-refractivity contribution is 0.111. The predicted molar refractivity (Wildman–Crippen MR) is 66.5 cm³/mol. The van der Waals surface area contributed by atoms with Crippen LogP contribution in [0, 0.1) is 0 Å². The highest BCUT2D eigenvalue weighted by Gasteiger charge is 2.02. The zero-order valence-electron chi connectivity index (χ0n) is 10.2. The number of aromatic nitrogens is 3. The highest BCUT2D eigenvalue weighted by Crippen LogP contribution is 2.11. The van der Waals surface area contributed by atoms with Gasteiger partial charge in [-0.25, -0.2) is 9.97 Å². The smallest absolute Gasteiger partial charge is 0.168 e. The van der Waals surface area contributed by atoms with Crippen molar-refractivity contribution in [1.29, 1.82) is 0 Å². The van der Waals surface area contributed by atoms with Gasteiger partial charge in [-0.15, -0.1) is 0 Å². The second kappa shape index (κ2) is 5.95. The van der Waals surface area contributed by atoms with E-state index in [4.69, 9.17) is 4.74 Å².